The summed E-state index contributed by atoms with van der Waals surface area (Å²) in [5.74, 6) is 1.55. The summed E-state index contributed by atoms with van der Waals surface area (Å²) in [7, 11) is 0. The van der Waals surface area contributed by atoms with Crippen LogP contribution in [0.4, 0.5) is 5.69 Å². The third-order valence-corrected chi connectivity index (χ3v) is 3.77. The van der Waals surface area contributed by atoms with E-state index in [0.717, 1.165) is 22.4 Å². The molecule has 118 valence electrons. The molecular formula is C19H15N3O2. The molecule has 2 heterocycles. The molecule has 4 aromatic rings. The van der Waals surface area contributed by atoms with Crippen LogP contribution in [-0.4, -0.2) is 15.9 Å². The lowest BCUT2D eigenvalue weighted by atomic mass is 10.2. The lowest BCUT2D eigenvalue weighted by Gasteiger charge is -2.04. The van der Waals surface area contributed by atoms with Gasteiger partial charge in [0.2, 0.25) is 0 Å². The van der Waals surface area contributed by atoms with Crippen molar-refractivity contribution in [3.63, 3.8) is 0 Å². The third kappa shape index (κ3) is 2.67. The van der Waals surface area contributed by atoms with Crippen LogP contribution >= 0.6 is 0 Å². The van der Waals surface area contributed by atoms with Gasteiger partial charge in [-0.05, 0) is 55.5 Å². The molecule has 2 N–H and O–H groups in total. The maximum Gasteiger partial charge on any atom is 0.291 e. The van der Waals surface area contributed by atoms with Crippen molar-refractivity contribution in [1.29, 1.82) is 0 Å². The van der Waals surface area contributed by atoms with Gasteiger partial charge in [-0.3, -0.25) is 4.79 Å². The summed E-state index contributed by atoms with van der Waals surface area (Å²) in [6.45, 7) is 1.80. The summed E-state index contributed by atoms with van der Waals surface area (Å²) in [6.07, 6.45) is 0. The van der Waals surface area contributed by atoms with Gasteiger partial charge in [0, 0.05) is 11.3 Å². The summed E-state index contributed by atoms with van der Waals surface area (Å²) < 4.78 is 5.32. The minimum Gasteiger partial charge on any atom is -0.456 e. The number of carbonyl (C=O) groups is 1. The normalized spacial score (nSPS) is 10.9. The molecule has 0 aliphatic heterocycles. The Morgan fingerprint density at radius 2 is 1.83 bits per heavy atom. The minimum absolute atomic E-state index is 0.264. The predicted molar refractivity (Wildman–Crippen MR) is 92.9 cm³/mol. The Morgan fingerprint density at radius 1 is 1.04 bits per heavy atom. The van der Waals surface area contributed by atoms with E-state index in [4.69, 9.17) is 4.42 Å². The highest BCUT2D eigenvalue weighted by Crippen LogP contribution is 2.22. The minimum atomic E-state index is -0.264. The number of hydrogen-bond acceptors (Lipinski definition) is 3. The Kier molecular flexibility index (Phi) is 3.39. The van der Waals surface area contributed by atoms with Crippen molar-refractivity contribution in [2.24, 2.45) is 0 Å². The van der Waals surface area contributed by atoms with Crippen molar-refractivity contribution in [2.75, 3.05) is 5.32 Å². The summed E-state index contributed by atoms with van der Waals surface area (Å²) in [5, 5.41) is 2.81. The van der Waals surface area contributed by atoms with Gasteiger partial charge in [-0.25, -0.2) is 4.98 Å². The summed E-state index contributed by atoms with van der Waals surface area (Å²) in [5.41, 5.74) is 3.59. The quantitative estimate of drug-likeness (QED) is 0.589. The molecule has 0 bridgehead atoms. The fourth-order valence-electron chi connectivity index (χ4n) is 2.55. The van der Waals surface area contributed by atoms with E-state index in [9.17, 15) is 4.79 Å². The smallest absolute Gasteiger partial charge is 0.291 e. The molecule has 4 rings (SSSR count). The molecule has 1 amide bonds. The van der Waals surface area contributed by atoms with Gasteiger partial charge in [0.1, 0.15) is 11.6 Å². The molecule has 0 saturated heterocycles. The van der Waals surface area contributed by atoms with E-state index in [1.165, 1.54) is 0 Å². The molecule has 0 saturated carbocycles. The van der Waals surface area contributed by atoms with Gasteiger partial charge in [-0.15, -0.1) is 0 Å². The number of imidazole rings is 1. The topological polar surface area (TPSA) is 70.9 Å². The Morgan fingerprint density at radius 3 is 2.54 bits per heavy atom. The van der Waals surface area contributed by atoms with Gasteiger partial charge in [-0.1, -0.05) is 12.1 Å². The van der Waals surface area contributed by atoms with Crippen LogP contribution in [0.5, 0.6) is 0 Å². The zero-order chi connectivity index (χ0) is 16.5. The highest BCUT2D eigenvalue weighted by Gasteiger charge is 2.10. The number of benzene rings is 2. The number of nitrogens with zero attached hydrogens (tertiary/aromatic N) is 1. The van der Waals surface area contributed by atoms with E-state index >= 15 is 0 Å². The van der Waals surface area contributed by atoms with Gasteiger partial charge in [0.05, 0.1) is 11.0 Å². The van der Waals surface area contributed by atoms with E-state index in [1.54, 1.807) is 19.1 Å². The van der Waals surface area contributed by atoms with E-state index < -0.39 is 0 Å². The van der Waals surface area contributed by atoms with Gasteiger partial charge >= 0.3 is 0 Å². The van der Waals surface area contributed by atoms with Crippen LogP contribution in [0.25, 0.3) is 22.4 Å². The lowest BCUT2D eigenvalue weighted by molar-refractivity contribution is 0.0995. The molecule has 24 heavy (non-hydrogen) atoms. The molecule has 0 spiro atoms. The number of hydrogen-bond donors (Lipinski definition) is 2. The molecule has 2 aromatic heterocycles. The van der Waals surface area contributed by atoms with E-state index in [-0.39, 0.29) is 5.91 Å². The van der Waals surface area contributed by atoms with Crippen LogP contribution < -0.4 is 5.32 Å². The number of rotatable bonds is 3. The fraction of sp³-hybridized carbons (Fsp3) is 0.0526. The van der Waals surface area contributed by atoms with Gasteiger partial charge < -0.3 is 14.7 Å². The van der Waals surface area contributed by atoms with Gasteiger partial charge in [0.15, 0.2) is 5.76 Å². The molecule has 0 radical (unpaired) electrons. The van der Waals surface area contributed by atoms with Crippen molar-refractivity contribution >= 4 is 22.6 Å². The predicted octanol–water partition coefficient (Wildman–Crippen LogP) is 4.38. The molecule has 0 aliphatic rings. The van der Waals surface area contributed by atoms with Crippen molar-refractivity contribution in [1.82, 2.24) is 9.97 Å². The molecule has 0 unspecified atom stereocenters. The van der Waals surface area contributed by atoms with Crippen molar-refractivity contribution in [3.8, 4) is 11.4 Å². The maximum absolute atomic E-state index is 12.1. The van der Waals surface area contributed by atoms with E-state index in [1.807, 2.05) is 48.5 Å². The molecular weight excluding hydrogens is 302 g/mol. The van der Waals surface area contributed by atoms with Gasteiger partial charge in [-0.2, -0.15) is 0 Å². The van der Waals surface area contributed by atoms with Crippen molar-refractivity contribution in [3.05, 3.63) is 72.2 Å². The first-order chi connectivity index (χ1) is 11.7. The number of furan rings is 1. The average Bonchev–Trinajstić information content (AvgIpc) is 3.21. The highest BCUT2D eigenvalue weighted by atomic mass is 16.3. The first kappa shape index (κ1) is 14.3. The van der Waals surface area contributed by atoms with Crippen LogP contribution in [0.3, 0.4) is 0 Å². The van der Waals surface area contributed by atoms with Crippen molar-refractivity contribution < 1.29 is 9.21 Å². The van der Waals surface area contributed by atoms with Crippen LogP contribution in [0, 0.1) is 6.92 Å². The van der Waals surface area contributed by atoms with E-state index in [2.05, 4.69) is 15.3 Å². The van der Waals surface area contributed by atoms with Crippen LogP contribution in [0.1, 0.15) is 16.3 Å². The Bertz CT molecular complexity index is 979. The highest BCUT2D eigenvalue weighted by molar-refractivity contribution is 6.02. The van der Waals surface area contributed by atoms with E-state index in [0.29, 0.717) is 17.2 Å². The number of aromatic amines is 1. The second-order valence-corrected chi connectivity index (χ2v) is 5.54. The SMILES string of the molecule is Cc1ccc(C(=O)Nc2ccc(-c3nc4ccccc4[nH]3)cc2)o1. The van der Waals surface area contributed by atoms with Crippen molar-refractivity contribution in [2.45, 2.75) is 6.92 Å². The number of carbonyl (C=O) groups excluding carboxylic acids is 1. The molecule has 0 atom stereocenters. The van der Waals surface area contributed by atoms with Crippen LogP contribution in [-0.2, 0) is 0 Å². The number of amides is 1. The zero-order valence-electron chi connectivity index (χ0n) is 13.0. The molecule has 0 fully saturated rings. The molecule has 5 heteroatoms. The first-order valence-corrected chi connectivity index (χ1v) is 7.62. The standard InChI is InChI=1S/C19H15N3O2/c1-12-6-11-17(24-12)19(23)20-14-9-7-13(8-10-14)18-21-15-4-2-3-5-16(15)22-18/h2-11H,1H3,(H,20,23)(H,21,22). The van der Waals surface area contributed by atoms with Crippen LogP contribution in [0.15, 0.2) is 65.1 Å². The number of anilines is 1. The summed E-state index contributed by atoms with van der Waals surface area (Å²) in [4.78, 5) is 19.9. The number of aromatic nitrogens is 2. The number of aryl methyl sites for hydroxylation is 1. The number of H-pyrrole nitrogens is 1. The fourth-order valence-corrected chi connectivity index (χ4v) is 2.55. The Hall–Kier alpha value is -3.34. The number of nitrogens with one attached hydrogen (secondary N) is 2. The monoisotopic (exact) mass is 317 g/mol. The zero-order valence-corrected chi connectivity index (χ0v) is 13.0. The Balaban J connectivity index is 1.55. The Labute approximate surface area is 138 Å². The summed E-state index contributed by atoms with van der Waals surface area (Å²) >= 11 is 0. The maximum atomic E-state index is 12.1. The first-order valence-electron chi connectivity index (χ1n) is 7.62. The number of para-hydroxylation sites is 2. The largest absolute Gasteiger partial charge is 0.456 e. The summed E-state index contributed by atoms with van der Waals surface area (Å²) in [6, 6.07) is 18.8. The molecule has 5 nitrogen and oxygen atoms in total. The molecule has 0 aliphatic carbocycles. The van der Waals surface area contributed by atoms with Crippen LogP contribution in [0.2, 0.25) is 0 Å². The van der Waals surface area contributed by atoms with Gasteiger partial charge in [0.25, 0.3) is 5.91 Å². The average molecular weight is 317 g/mol. The molecule has 2 aromatic carbocycles. The second-order valence-electron chi connectivity index (χ2n) is 5.54. The number of fused-ring (bicyclic) bond motifs is 1. The second kappa shape index (κ2) is 5.70. The lowest BCUT2D eigenvalue weighted by Crippen LogP contribution is -2.10. The third-order valence-electron chi connectivity index (χ3n) is 3.77.